The number of nitrogens with zero attached hydrogens (tertiary/aromatic N) is 3. The van der Waals surface area contributed by atoms with Gasteiger partial charge in [-0.3, -0.25) is 4.79 Å². The van der Waals surface area contributed by atoms with E-state index >= 15 is 0 Å². The highest BCUT2D eigenvalue weighted by Crippen LogP contribution is 2.23. The highest BCUT2D eigenvalue weighted by Gasteiger charge is 2.11. The van der Waals surface area contributed by atoms with E-state index in [1.807, 2.05) is 0 Å². The molecule has 0 spiro atoms. The molecule has 2 aromatic heterocycles. The van der Waals surface area contributed by atoms with Crippen LogP contribution in [-0.2, 0) is 0 Å². The van der Waals surface area contributed by atoms with Gasteiger partial charge >= 0.3 is 0 Å². The summed E-state index contributed by atoms with van der Waals surface area (Å²) in [5.41, 5.74) is 6.27. The Morgan fingerprint density at radius 1 is 1.39 bits per heavy atom. The van der Waals surface area contributed by atoms with Gasteiger partial charge in [-0.2, -0.15) is 0 Å². The Labute approximate surface area is 108 Å². The maximum atomic E-state index is 10.8. The van der Waals surface area contributed by atoms with Crippen molar-refractivity contribution in [3.05, 3.63) is 29.0 Å². The number of halogens is 1. The van der Waals surface area contributed by atoms with Gasteiger partial charge in [-0.05, 0) is 6.07 Å². The summed E-state index contributed by atoms with van der Waals surface area (Å²) < 4.78 is 4.94. The lowest BCUT2D eigenvalue weighted by Crippen LogP contribution is -2.02. The first-order valence-electron chi connectivity index (χ1n) is 4.94. The van der Waals surface area contributed by atoms with Gasteiger partial charge in [0.2, 0.25) is 5.88 Å². The van der Waals surface area contributed by atoms with E-state index in [1.54, 1.807) is 12.1 Å². The molecule has 0 aliphatic heterocycles. The first-order valence-corrected chi connectivity index (χ1v) is 5.32. The molecular formula is C11H9ClN4O2. The van der Waals surface area contributed by atoms with Gasteiger partial charge in [0.1, 0.15) is 16.5 Å². The molecule has 0 amide bonds. The van der Waals surface area contributed by atoms with Gasteiger partial charge in [0, 0.05) is 17.8 Å². The number of nitrogen functional groups attached to an aromatic ring is 1. The van der Waals surface area contributed by atoms with E-state index in [9.17, 15) is 4.79 Å². The zero-order chi connectivity index (χ0) is 13.1. The zero-order valence-corrected chi connectivity index (χ0v) is 10.2. The van der Waals surface area contributed by atoms with Gasteiger partial charge in [0.25, 0.3) is 0 Å². The van der Waals surface area contributed by atoms with Crippen molar-refractivity contribution >= 4 is 23.7 Å². The minimum Gasteiger partial charge on any atom is -0.481 e. The van der Waals surface area contributed by atoms with Crippen LogP contribution < -0.4 is 10.5 Å². The second-order valence-corrected chi connectivity index (χ2v) is 3.72. The third kappa shape index (κ3) is 2.23. The van der Waals surface area contributed by atoms with E-state index in [2.05, 4.69) is 15.0 Å². The maximum absolute atomic E-state index is 10.8. The van der Waals surface area contributed by atoms with Crippen molar-refractivity contribution in [2.45, 2.75) is 0 Å². The van der Waals surface area contributed by atoms with E-state index < -0.39 is 0 Å². The van der Waals surface area contributed by atoms with Crippen LogP contribution in [0.5, 0.6) is 5.88 Å². The molecule has 0 aromatic carbocycles. The number of methoxy groups -OCH3 is 1. The van der Waals surface area contributed by atoms with Crippen LogP contribution in [0.1, 0.15) is 10.5 Å². The summed E-state index contributed by atoms with van der Waals surface area (Å²) in [6, 6.07) is 3.37. The summed E-state index contributed by atoms with van der Waals surface area (Å²) in [6.07, 6.45) is 2.05. The minimum absolute atomic E-state index is 0.0509. The monoisotopic (exact) mass is 264 g/mol. The fourth-order valence-corrected chi connectivity index (χ4v) is 1.45. The molecule has 18 heavy (non-hydrogen) atoms. The molecule has 0 aliphatic rings. The van der Waals surface area contributed by atoms with E-state index in [1.165, 1.54) is 13.3 Å². The third-order valence-electron chi connectivity index (χ3n) is 2.22. The molecule has 0 bridgehead atoms. The molecule has 7 heteroatoms. The van der Waals surface area contributed by atoms with Gasteiger partial charge in [-0.1, -0.05) is 11.6 Å². The van der Waals surface area contributed by atoms with Crippen molar-refractivity contribution in [1.29, 1.82) is 0 Å². The third-order valence-corrected chi connectivity index (χ3v) is 2.61. The lowest BCUT2D eigenvalue weighted by atomic mass is 10.2. The summed E-state index contributed by atoms with van der Waals surface area (Å²) in [5.74, 6) is 0.810. The molecule has 0 radical (unpaired) electrons. The number of hydrogen-bond donors (Lipinski definition) is 1. The number of aldehydes is 1. The first-order chi connectivity index (χ1) is 8.65. The summed E-state index contributed by atoms with van der Waals surface area (Å²) in [5, 5.41) is 0.0511. The number of aromatic nitrogens is 3. The SMILES string of the molecule is COc1ccc(-c2nc(N)c(Cl)c(C=O)n2)cn1. The highest BCUT2D eigenvalue weighted by molar-refractivity contribution is 6.34. The summed E-state index contributed by atoms with van der Waals surface area (Å²) in [6.45, 7) is 0. The van der Waals surface area contributed by atoms with Crippen LogP contribution in [0.25, 0.3) is 11.4 Å². The molecular weight excluding hydrogens is 256 g/mol. The van der Waals surface area contributed by atoms with Crippen LogP contribution in [0.3, 0.4) is 0 Å². The number of anilines is 1. The van der Waals surface area contributed by atoms with Gasteiger partial charge < -0.3 is 10.5 Å². The van der Waals surface area contributed by atoms with Crippen LogP contribution in [0.2, 0.25) is 5.02 Å². The van der Waals surface area contributed by atoms with Gasteiger partial charge in [0.15, 0.2) is 12.1 Å². The average molecular weight is 265 g/mol. The highest BCUT2D eigenvalue weighted by atomic mass is 35.5. The first kappa shape index (κ1) is 12.3. The molecule has 2 aromatic rings. The summed E-state index contributed by atoms with van der Waals surface area (Å²) in [7, 11) is 1.52. The number of carbonyl (C=O) groups excluding carboxylic acids is 1. The van der Waals surface area contributed by atoms with Crippen molar-refractivity contribution < 1.29 is 9.53 Å². The topological polar surface area (TPSA) is 91.0 Å². The number of nitrogens with two attached hydrogens (primary N) is 1. The van der Waals surface area contributed by atoms with Crippen LogP contribution in [-0.4, -0.2) is 28.3 Å². The number of ether oxygens (including phenoxy) is 1. The summed E-state index contributed by atoms with van der Waals surface area (Å²) >= 11 is 5.78. The quantitative estimate of drug-likeness (QED) is 0.847. The van der Waals surface area contributed by atoms with Crippen molar-refractivity contribution in [1.82, 2.24) is 15.0 Å². The van der Waals surface area contributed by atoms with Crippen LogP contribution in [0.4, 0.5) is 5.82 Å². The normalized spacial score (nSPS) is 10.1. The van der Waals surface area contributed by atoms with Crippen molar-refractivity contribution in [2.75, 3.05) is 12.8 Å². The molecule has 2 N–H and O–H groups in total. The van der Waals surface area contributed by atoms with Gasteiger partial charge in [-0.15, -0.1) is 0 Å². The second kappa shape index (κ2) is 4.97. The van der Waals surface area contributed by atoms with E-state index in [-0.39, 0.29) is 22.4 Å². The predicted molar refractivity (Wildman–Crippen MR) is 66.6 cm³/mol. The molecule has 92 valence electrons. The Morgan fingerprint density at radius 2 is 2.17 bits per heavy atom. The molecule has 6 nitrogen and oxygen atoms in total. The fraction of sp³-hybridized carbons (Fsp3) is 0.0909. The minimum atomic E-state index is 0.0509. The molecule has 0 fully saturated rings. The van der Waals surface area contributed by atoms with Crippen molar-refractivity contribution in [2.24, 2.45) is 0 Å². The lowest BCUT2D eigenvalue weighted by molar-refractivity contribution is 0.111. The number of carbonyl (C=O) groups is 1. The molecule has 0 atom stereocenters. The predicted octanol–water partition coefficient (Wildman–Crippen LogP) is 1.60. The van der Waals surface area contributed by atoms with Crippen molar-refractivity contribution in [3.8, 4) is 17.3 Å². The summed E-state index contributed by atoms with van der Waals surface area (Å²) in [4.78, 5) is 22.8. The number of rotatable bonds is 3. The Balaban J connectivity index is 2.49. The lowest BCUT2D eigenvalue weighted by Gasteiger charge is -2.05. The Hall–Kier alpha value is -2.21. The maximum Gasteiger partial charge on any atom is 0.212 e. The van der Waals surface area contributed by atoms with Gasteiger partial charge in [-0.25, -0.2) is 15.0 Å². The molecule has 2 rings (SSSR count). The van der Waals surface area contributed by atoms with Gasteiger partial charge in [0.05, 0.1) is 7.11 Å². The molecule has 0 aliphatic carbocycles. The Bertz CT molecular complexity index is 586. The van der Waals surface area contributed by atoms with Crippen LogP contribution in [0.15, 0.2) is 18.3 Å². The number of pyridine rings is 1. The Morgan fingerprint density at radius 3 is 2.72 bits per heavy atom. The molecule has 0 unspecified atom stereocenters. The van der Waals surface area contributed by atoms with E-state index in [0.717, 1.165) is 0 Å². The van der Waals surface area contributed by atoms with E-state index in [4.69, 9.17) is 22.1 Å². The van der Waals surface area contributed by atoms with Crippen LogP contribution in [0, 0.1) is 0 Å². The zero-order valence-electron chi connectivity index (χ0n) is 9.42. The standard InChI is InChI=1S/C11H9ClN4O2/c1-18-8-3-2-6(4-14-8)11-15-7(5-17)9(12)10(13)16-11/h2-5H,1H3,(H2,13,15,16). The smallest absolute Gasteiger partial charge is 0.212 e. The molecule has 2 heterocycles. The number of hydrogen-bond acceptors (Lipinski definition) is 6. The Kier molecular flexibility index (Phi) is 3.38. The van der Waals surface area contributed by atoms with Crippen molar-refractivity contribution in [3.63, 3.8) is 0 Å². The fourth-order valence-electron chi connectivity index (χ4n) is 1.32. The molecule has 0 saturated heterocycles. The van der Waals surface area contributed by atoms with Crippen LogP contribution >= 0.6 is 11.6 Å². The van der Waals surface area contributed by atoms with E-state index in [0.29, 0.717) is 17.7 Å². The second-order valence-electron chi connectivity index (χ2n) is 3.34. The molecule has 0 saturated carbocycles. The average Bonchev–Trinajstić information content (AvgIpc) is 2.42. The largest absolute Gasteiger partial charge is 0.481 e.